The van der Waals surface area contributed by atoms with Gasteiger partial charge in [-0.15, -0.1) is 0 Å². The van der Waals surface area contributed by atoms with Crippen LogP contribution >= 0.6 is 0 Å². The molecule has 0 spiro atoms. The van der Waals surface area contributed by atoms with E-state index >= 15 is 0 Å². The van der Waals surface area contributed by atoms with Crippen molar-refractivity contribution in [2.24, 2.45) is 0 Å². The molecule has 8 nitrogen and oxygen atoms in total. The van der Waals surface area contributed by atoms with Crippen molar-refractivity contribution in [1.82, 2.24) is 9.62 Å². The highest BCUT2D eigenvalue weighted by atomic mass is 32.2. The van der Waals surface area contributed by atoms with Crippen molar-refractivity contribution >= 4 is 27.8 Å². The van der Waals surface area contributed by atoms with Gasteiger partial charge in [-0.05, 0) is 45.4 Å². The molecule has 0 saturated heterocycles. The summed E-state index contributed by atoms with van der Waals surface area (Å²) in [5.74, 6) is -2.09. The van der Waals surface area contributed by atoms with Gasteiger partial charge in [0, 0.05) is 24.1 Å². The first-order chi connectivity index (χ1) is 11.6. The second kappa shape index (κ2) is 6.83. The summed E-state index contributed by atoms with van der Waals surface area (Å²) < 4.78 is 25.8. The molecule has 1 aromatic rings. The van der Waals surface area contributed by atoms with E-state index < -0.39 is 33.8 Å². The molecule has 1 atom stereocenters. The number of nitrogens with zero attached hydrogens (tertiary/aromatic N) is 1. The number of hydrogen-bond acceptors (Lipinski definition) is 5. The first-order valence-electron chi connectivity index (χ1n) is 7.81. The van der Waals surface area contributed by atoms with Gasteiger partial charge in [-0.25, -0.2) is 12.7 Å². The predicted octanol–water partition coefficient (Wildman–Crippen LogP) is 1.22. The molecule has 0 aromatic heterocycles. The number of carboxylic acid groups (broad SMARTS) is 1. The van der Waals surface area contributed by atoms with Gasteiger partial charge in [0.25, 0.3) is 21.8 Å². The first-order valence-corrected chi connectivity index (χ1v) is 9.25. The van der Waals surface area contributed by atoms with Gasteiger partial charge in [0.05, 0.1) is 5.56 Å². The van der Waals surface area contributed by atoms with Crippen LogP contribution in [0.2, 0.25) is 0 Å². The lowest BCUT2D eigenvalue weighted by molar-refractivity contribution is -0.137. The Bertz CT molecular complexity index is 831. The lowest BCUT2D eigenvalue weighted by Crippen LogP contribution is -2.36. The number of carbonyl (C=O) groups excluding carboxylic acids is 2. The average Bonchev–Trinajstić information content (AvgIpc) is 2.71. The average molecular weight is 368 g/mol. The van der Waals surface area contributed by atoms with Gasteiger partial charge in [0.15, 0.2) is 0 Å². The smallest absolute Gasteiger partial charge is 0.303 e. The van der Waals surface area contributed by atoms with E-state index in [2.05, 4.69) is 5.32 Å². The molecule has 1 aliphatic rings. The Morgan fingerprint density at radius 3 is 2.44 bits per heavy atom. The molecule has 2 rings (SSSR count). The van der Waals surface area contributed by atoms with Gasteiger partial charge in [-0.3, -0.25) is 14.4 Å². The summed E-state index contributed by atoms with van der Waals surface area (Å²) in [6.45, 7) is 4.85. The molecule has 1 aliphatic heterocycles. The minimum atomic E-state index is -3.97. The third-order valence-corrected chi connectivity index (χ3v) is 5.85. The maximum Gasteiger partial charge on any atom is 0.303 e. The topological polar surface area (TPSA) is 121 Å². The summed E-state index contributed by atoms with van der Waals surface area (Å²) in [7, 11) is -3.97. The zero-order chi connectivity index (χ0) is 18.9. The number of hydrogen-bond donors (Lipinski definition) is 2. The quantitative estimate of drug-likeness (QED) is 0.779. The van der Waals surface area contributed by atoms with E-state index in [0.717, 1.165) is 4.31 Å². The molecule has 0 bridgehead atoms. The maximum atomic E-state index is 12.5. The molecular weight excluding hydrogens is 348 g/mol. The fourth-order valence-electron chi connectivity index (χ4n) is 2.62. The summed E-state index contributed by atoms with van der Waals surface area (Å²) in [6.07, 6.45) is 0.168. The summed E-state index contributed by atoms with van der Waals surface area (Å²) >= 11 is 0. The molecule has 0 saturated carbocycles. The number of sulfonamides is 1. The fourth-order valence-corrected chi connectivity index (χ4v) is 4.41. The number of carboxylic acids is 1. The summed E-state index contributed by atoms with van der Waals surface area (Å²) in [5.41, 5.74) is 0.145. The van der Waals surface area contributed by atoms with Gasteiger partial charge in [0.2, 0.25) is 0 Å². The van der Waals surface area contributed by atoms with E-state index in [1.165, 1.54) is 18.2 Å². The van der Waals surface area contributed by atoms with Crippen LogP contribution in [0.3, 0.4) is 0 Å². The van der Waals surface area contributed by atoms with Crippen molar-refractivity contribution in [3.63, 3.8) is 0 Å². The van der Waals surface area contributed by atoms with Crippen LogP contribution in [0, 0.1) is 0 Å². The minimum absolute atomic E-state index is 0.0455. The van der Waals surface area contributed by atoms with E-state index in [1.807, 2.05) is 0 Å². The number of aliphatic carboxylic acids is 1. The Kier molecular flexibility index (Phi) is 5.17. The standard InChI is InChI=1S/C16H20N2O6S/c1-9(2)18-16(22)12-6-5-11(8-13(12)25(18,23)24)15(21)17-10(3)4-7-14(19)20/h5-6,8-10H,4,7H2,1-3H3,(H,17,21)(H,19,20). The molecule has 1 aromatic carbocycles. The monoisotopic (exact) mass is 368 g/mol. The SMILES string of the molecule is CC(CCC(=O)O)NC(=O)c1ccc2c(c1)S(=O)(=O)N(C(C)C)C2=O. The lowest BCUT2D eigenvalue weighted by atomic mass is 10.1. The van der Waals surface area contributed by atoms with Crippen LogP contribution < -0.4 is 5.32 Å². The number of fused-ring (bicyclic) bond motifs is 1. The van der Waals surface area contributed by atoms with Crippen LogP contribution in [-0.2, 0) is 14.8 Å². The number of benzene rings is 1. The number of carbonyl (C=O) groups is 3. The third-order valence-electron chi connectivity index (χ3n) is 3.85. The molecular formula is C16H20N2O6S. The van der Waals surface area contributed by atoms with Crippen molar-refractivity contribution < 1.29 is 27.9 Å². The van der Waals surface area contributed by atoms with E-state index in [4.69, 9.17) is 5.11 Å². The van der Waals surface area contributed by atoms with Crippen LogP contribution in [0.15, 0.2) is 23.1 Å². The Labute approximate surface area is 145 Å². The van der Waals surface area contributed by atoms with Crippen LogP contribution in [0.4, 0.5) is 0 Å². The highest BCUT2D eigenvalue weighted by Gasteiger charge is 2.42. The largest absolute Gasteiger partial charge is 0.481 e. The Morgan fingerprint density at radius 2 is 1.88 bits per heavy atom. The Morgan fingerprint density at radius 1 is 1.24 bits per heavy atom. The van der Waals surface area contributed by atoms with Gasteiger partial charge >= 0.3 is 5.97 Å². The predicted molar refractivity (Wildman–Crippen MR) is 88.7 cm³/mol. The van der Waals surface area contributed by atoms with Crippen LogP contribution in [0.25, 0.3) is 0 Å². The van der Waals surface area contributed by atoms with E-state index in [1.54, 1.807) is 20.8 Å². The molecule has 2 N–H and O–H groups in total. The highest BCUT2D eigenvalue weighted by Crippen LogP contribution is 2.32. The zero-order valence-corrected chi connectivity index (χ0v) is 15.0. The summed E-state index contributed by atoms with van der Waals surface area (Å²) in [6, 6.07) is 2.98. The first kappa shape index (κ1) is 18.9. The molecule has 0 aliphatic carbocycles. The zero-order valence-electron chi connectivity index (χ0n) is 14.1. The Balaban J connectivity index is 2.25. The van der Waals surface area contributed by atoms with Crippen molar-refractivity contribution in [3.8, 4) is 0 Å². The van der Waals surface area contributed by atoms with E-state index in [0.29, 0.717) is 0 Å². The van der Waals surface area contributed by atoms with Gasteiger partial charge < -0.3 is 10.4 Å². The van der Waals surface area contributed by atoms with Crippen molar-refractivity contribution in [2.45, 2.75) is 50.6 Å². The maximum absolute atomic E-state index is 12.5. The number of amides is 2. The molecule has 136 valence electrons. The molecule has 25 heavy (non-hydrogen) atoms. The van der Waals surface area contributed by atoms with Crippen molar-refractivity contribution in [1.29, 1.82) is 0 Å². The Hall–Kier alpha value is -2.42. The molecule has 1 unspecified atom stereocenters. The normalized spacial score (nSPS) is 16.6. The molecule has 2 amide bonds. The number of rotatable bonds is 6. The van der Waals surface area contributed by atoms with Crippen molar-refractivity contribution in [2.75, 3.05) is 0 Å². The summed E-state index contributed by atoms with van der Waals surface area (Å²) in [5, 5.41) is 11.3. The van der Waals surface area contributed by atoms with E-state index in [9.17, 15) is 22.8 Å². The van der Waals surface area contributed by atoms with E-state index in [-0.39, 0.29) is 34.9 Å². The fraction of sp³-hybridized carbons (Fsp3) is 0.438. The van der Waals surface area contributed by atoms with Crippen LogP contribution in [0.1, 0.15) is 54.3 Å². The highest BCUT2D eigenvalue weighted by molar-refractivity contribution is 7.90. The summed E-state index contributed by atoms with van der Waals surface area (Å²) in [4.78, 5) is 34.9. The molecule has 0 radical (unpaired) electrons. The minimum Gasteiger partial charge on any atom is -0.481 e. The molecule has 0 fully saturated rings. The molecule has 9 heteroatoms. The van der Waals surface area contributed by atoms with Gasteiger partial charge in [0.1, 0.15) is 4.90 Å². The molecule has 1 heterocycles. The van der Waals surface area contributed by atoms with Gasteiger partial charge in [-0.1, -0.05) is 0 Å². The van der Waals surface area contributed by atoms with Crippen molar-refractivity contribution in [3.05, 3.63) is 29.3 Å². The van der Waals surface area contributed by atoms with Gasteiger partial charge in [-0.2, -0.15) is 0 Å². The lowest BCUT2D eigenvalue weighted by Gasteiger charge is -2.18. The second-order valence-corrected chi connectivity index (χ2v) is 8.00. The second-order valence-electron chi connectivity index (χ2n) is 6.22. The van der Waals surface area contributed by atoms with Crippen LogP contribution in [-0.4, -0.2) is 47.7 Å². The third kappa shape index (κ3) is 3.65. The number of nitrogens with one attached hydrogen (secondary N) is 1. The van der Waals surface area contributed by atoms with Crippen LogP contribution in [0.5, 0.6) is 0 Å².